The highest BCUT2D eigenvalue weighted by Crippen LogP contribution is 2.42. The van der Waals surface area contributed by atoms with Gasteiger partial charge in [-0.3, -0.25) is 9.52 Å². The highest BCUT2D eigenvalue weighted by molar-refractivity contribution is 7.92. The van der Waals surface area contributed by atoms with Crippen molar-refractivity contribution >= 4 is 38.9 Å². The first kappa shape index (κ1) is 28.8. The average Bonchev–Trinajstić information content (AvgIpc) is 2.91. The largest absolute Gasteiger partial charge is 0.504 e. The molecule has 40 heavy (non-hydrogen) atoms. The molecule has 0 aromatic heterocycles. The van der Waals surface area contributed by atoms with E-state index in [1.165, 1.54) is 36.4 Å². The van der Waals surface area contributed by atoms with Crippen LogP contribution in [0, 0.1) is 6.92 Å². The fourth-order valence-electron chi connectivity index (χ4n) is 4.30. The van der Waals surface area contributed by atoms with Crippen LogP contribution in [0.3, 0.4) is 0 Å². The molecular weight excluding hydrogens is 552 g/mol. The van der Waals surface area contributed by atoms with Crippen molar-refractivity contribution in [3.63, 3.8) is 0 Å². The molecular formula is C30H29ClN2O6S. The molecule has 0 heterocycles. The van der Waals surface area contributed by atoms with E-state index < -0.39 is 33.2 Å². The zero-order chi connectivity index (χ0) is 29.2. The molecule has 0 fully saturated rings. The predicted molar refractivity (Wildman–Crippen MR) is 156 cm³/mol. The van der Waals surface area contributed by atoms with E-state index in [9.17, 15) is 28.5 Å². The lowest BCUT2D eigenvalue weighted by Crippen LogP contribution is -2.16. The van der Waals surface area contributed by atoms with Gasteiger partial charge in [-0.2, -0.15) is 0 Å². The van der Waals surface area contributed by atoms with Crippen molar-refractivity contribution in [3.8, 4) is 17.2 Å². The number of benzene rings is 4. The number of aromatic hydroxyl groups is 3. The second-order valence-corrected chi connectivity index (χ2v) is 11.8. The molecule has 0 spiro atoms. The number of halogens is 1. The maximum atomic E-state index is 13.3. The molecule has 0 atom stereocenters. The van der Waals surface area contributed by atoms with Crippen LogP contribution in [-0.4, -0.2) is 29.6 Å². The van der Waals surface area contributed by atoms with Crippen molar-refractivity contribution in [2.45, 2.75) is 38.0 Å². The lowest BCUT2D eigenvalue weighted by atomic mass is 9.92. The number of sulfonamides is 1. The molecule has 0 radical (unpaired) electrons. The van der Waals surface area contributed by atoms with Crippen molar-refractivity contribution in [1.82, 2.24) is 0 Å². The molecule has 0 unspecified atom stereocenters. The molecule has 4 aromatic rings. The number of anilines is 2. The Morgan fingerprint density at radius 2 is 1.55 bits per heavy atom. The van der Waals surface area contributed by atoms with Gasteiger partial charge in [0.1, 0.15) is 0 Å². The van der Waals surface area contributed by atoms with Gasteiger partial charge in [0.05, 0.1) is 10.5 Å². The Labute approximate surface area is 238 Å². The van der Waals surface area contributed by atoms with E-state index in [0.29, 0.717) is 16.3 Å². The average molecular weight is 581 g/mol. The Bertz CT molecular complexity index is 1690. The lowest BCUT2D eigenvalue weighted by Gasteiger charge is -2.16. The third kappa shape index (κ3) is 6.16. The summed E-state index contributed by atoms with van der Waals surface area (Å²) in [5, 5.41) is 34.6. The Hall–Kier alpha value is -4.21. The molecule has 0 aliphatic rings. The normalized spacial score (nSPS) is 11.4. The van der Waals surface area contributed by atoms with Crippen molar-refractivity contribution < 1.29 is 28.5 Å². The van der Waals surface area contributed by atoms with Crippen molar-refractivity contribution in [2.75, 3.05) is 10.0 Å². The summed E-state index contributed by atoms with van der Waals surface area (Å²) in [6.45, 7) is 5.75. The molecule has 0 saturated carbocycles. The fourth-order valence-corrected chi connectivity index (χ4v) is 5.51. The van der Waals surface area contributed by atoms with Crippen molar-refractivity contribution in [3.05, 3.63) is 106 Å². The molecule has 0 aliphatic carbocycles. The van der Waals surface area contributed by atoms with Crippen LogP contribution in [0.4, 0.5) is 11.4 Å². The van der Waals surface area contributed by atoms with Gasteiger partial charge in [-0.05, 0) is 72.0 Å². The molecule has 5 N–H and O–H groups in total. The Morgan fingerprint density at radius 1 is 0.875 bits per heavy atom. The van der Waals surface area contributed by atoms with Crippen LogP contribution >= 0.6 is 11.6 Å². The van der Waals surface area contributed by atoms with Gasteiger partial charge in [0, 0.05) is 28.4 Å². The van der Waals surface area contributed by atoms with Crippen LogP contribution in [-0.2, 0) is 16.4 Å². The first-order valence-corrected chi connectivity index (χ1v) is 14.3. The SMILES string of the molecule is Cc1ccc(S(=O)(=O)Nc2ccc(Cl)cc2)cc1NC(=O)c1cc(Cc2ccccc2C(C)C)c(O)c(O)c1O. The number of hydrogen-bond donors (Lipinski definition) is 5. The third-order valence-electron chi connectivity index (χ3n) is 6.49. The van der Waals surface area contributed by atoms with Gasteiger partial charge < -0.3 is 20.6 Å². The van der Waals surface area contributed by atoms with Crippen LogP contribution in [0.1, 0.15) is 52.4 Å². The summed E-state index contributed by atoms with van der Waals surface area (Å²) in [5.74, 6) is -2.72. The van der Waals surface area contributed by atoms with E-state index in [1.54, 1.807) is 19.1 Å². The zero-order valence-corrected chi connectivity index (χ0v) is 23.6. The summed E-state index contributed by atoms with van der Waals surface area (Å²) in [4.78, 5) is 13.2. The van der Waals surface area contributed by atoms with E-state index in [4.69, 9.17) is 11.6 Å². The number of carbonyl (C=O) groups excluding carboxylic acids is 1. The number of carbonyl (C=O) groups is 1. The molecule has 4 aromatic carbocycles. The smallest absolute Gasteiger partial charge is 0.261 e. The minimum absolute atomic E-state index is 0.105. The third-order valence-corrected chi connectivity index (χ3v) is 8.12. The van der Waals surface area contributed by atoms with Gasteiger partial charge in [0.15, 0.2) is 11.5 Å². The standard InChI is InChI=1S/C30H29ClN2O6S/c1-17(2)24-7-5-4-6-19(24)14-20-15-25(28(35)29(36)27(20)34)30(37)32-26-16-23(13-8-18(26)3)40(38,39)33-22-11-9-21(31)10-12-22/h4-13,15-17,33-36H,14H2,1-3H3,(H,32,37). The van der Waals surface area contributed by atoms with E-state index in [-0.39, 0.29) is 34.0 Å². The number of nitrogens with one attached hydrogen (secondary N) is 2. The Balaban J connectivity index is 1.64. The lowest BCUT2D eigenvalue weighted by molar-refractivity contribution is 0.102. The van der Waals surface area contributed by atoms with Crippen LogP contribution < -0.4 is 10.0 Å². The topological polar surface area (TPSA) is 136 Å². The number of rotatable bonds is 8. The molecule has 208 valence electrons. The monoisotopic (exact) mass is 580 g/mol. The minimum atomic E-state index is -4.01. The van der Waals surface area contributed by atoms with Gasteiger partial charge in [0.2, 0.25) is 5.75 Å². The first-order chi connectivity index (χ1) is 18.9. The summed E-state index contributed by atoms with van der Waals surface area (Å²) in [7, 11) is -4.01. The van der Waals surface area contributed by atoms with Gasteiger partial charge in [-0.25, -0.2) is 8.42 Å². The number of phenols is 3. The Kier molecular flexibility index (Phi) is 8.27. The Morgan fingerprint density at radius 3 is 2.23 bits per heavy atom. The van der Waals surface area contributed by atoms with E-state index >= 15 is 0 Å². The van der Waals surface area contributed by atoms with E-state index in [2.05, 4.69) is 10.0 Å². The first-order valence-electron chi connectivity index (χ1n) is 12.4. The minimum Gasteiger partial charge on any atom is -0.504 e. The second kappa shape index (κ2) is 11.5. The fraction of sp³-hybridized carbons (Fsp3) is 0.167. The number of phenolic OH excluding ortho intramolecular Hbond substituents is 3. The maximum absolute atomic E-state index is 13.3. The van der Waals surface area contributed by atoms with E-state index in [0.717, 1.165) is 11.1 Å². The molecule has 4 rings (SSSR count). The second-order valence-electron chi connectivity index (χ2n) is 9.70. The van der Waals surface area contributed by atoms with Crippen molar-refractivity contribution in [2.24, 2.45) is 0 Å². The molecule has 1 amide bonds. The predicted octanol–water partition coefficient (Wildman–Crippen LogP) is 6.53. The summed E-state index contributed by atoms with van der Waals surface area (Å²) < 4.78 is 28.4. The van der Waals surface area contributed by atoms with Crippen molar-refractivity contribution in [1.29, 1.82) is 0 Å². The number of aryl methyl sites for hydroxylation is 1. The van der Waals surface area contributed by atoms with Gasteiger partial charge in [-0.1, -0.05) is 55.8 Å². The highest BCUT2D eigenvalue weighted by atomic mass is 35.5. The molecule has 0 aliphatic heterocycles. The van der Waals surface area contributed by atoms with Crippen LogP contribution in [0.25, 0.3) is 0 Å². The van der Waals surface area contributed by atoms with Crippen LogP contribution in [0.15, 0.2) is 77.7 Å². The quantitative estimate of drug-likeness (QED) is 0.150. The molecule has 0 saturated heterocycles. The molecule has 0 bridgehead atoms. The summed E-state index contributed by atoms with van der Waals surface area (Å²) in [6, 6.07) is 19.3. The molecule has 10 heteroatoms. The number of hydrogen-bond acceptors (Lipinski definition) is 6. The van der Waals surface area contributed by atoms with Crippen LogP contribution in [0.5, 0.6) is 17.2 Å². The summed E-state index contributed by atoms with van der Waals surface area (Å²) in [5.41, 5.74) is 2.96. The van der Waals surface area contributed by atoms with Gasteiger partial charge >= 0.3 is 0 Å². The number of amides is 1. The van der Waals surface area contributed by atoms with Gasteiger partial charge in [-0.15, -0.1) is 0 Å². The summed E-state index contributed by atoms with van der Waals surface area (Å²) >= 11 is 5.87. The van der Waals surface area contributed by atoms with Crippen LogP contribution in [0.2, 0.25) is 5.02 Å². The molecule has 8 nitrogen and oxygen atoms in total. The maximum Gasteiger partial charge on any atom is 0.261 e. The van der Waals surface area contributed by atoms with Gasteiger partial charge in [0.25, 0.3) is 15.9 Å². The highest BCUT2D eigenvalue weighted by Gasteiger charge is 2.23. The zero-order valence-electron chi connectivity index (χ0n) is 22.1. The van der Waals surface area contributed by atoms with E-state index in [1.807, 2.05) is 38.1 Å². The summed E-state index contributed by atoms with van der Waals surface area (Å²) in [6.07, 6.45) is 0.206.